The third kappa shape index (κ3) is 6.19. The molecule has 4 N–H and O–H groups in total. The first-order valence-electron chi connectivity index (χ1n) is 12.3. The Morgan fingerprint density at radius 1 is 0.744 bits per heavy atom. The van der Waals surface area contributed by atoms with Crippen molar-refractivity contribution in [3.05, 3.63) is 107 Å². The van der Waals surface area contributed by atoms with Gasteiger partial charge in [-0.05, 0) is 12.1 Å². The predicted molar refractivity (Wildman–Crippen MR) is 150 cm³/mol. The second kappa shape index (κ2) is 13.2. The molecule has 6 aromatic rings. The van der Waals surface area contributed by atoms with Gasteiger partial charge in [0, 0.05) is 60.7 Å². The number of esters is 1. The van der Waals surface area contributed by atoms with Gasteiger partial charge in [-0.15, -0.1) is 0 Å². The predicted octanol–water partition coefficient (Wildman–Crippen LogP) is 0.577. The fourth-order valence-electron chi connectivity index (χ4n) is 4.42. The zero-order chi connectivity index (χ0) is 29.3. The largest absolute Gasteiger partial charge is 1.00 e. The van der Waals surface area contributed by atoms with Crippen LogP contribution in [0.3, 0.4) is 0 Å². The zero-order valence-corrected chi connectivity index (χ0v) is 23.7. The van der Waals surface area contributed by atoms with Crippen LogP contribution in [0.4, 0.5) is 0 Å². The summed E-state index contributed by atoms with van der Waals surface area (Å²) < 4.78 is 7.56. The maximum atomic E-state index is 12.6. The maximum Gasteiger partial charge on any atom is 1.00 e. The molecule has 0 aliphatic carbocycles. The molecule has 0 bridgehead atoms. The molecule has 0 spiro atoms. The van der Waals surface area contributed by atoms with E-state index in [9.17, 15) is 19.2 Å². The van der Waals surface area contributed by atoms with Gasteiger partial charge in [0.15, 0.2) is 23.0 Å². The molecule has 0 unspecified atom stereocenters. The van der Waals surface area contributed by atoms with E-state index >= 15 is 0 Å². The number of hydrogen-bond acceptors (Lipinski definition) is 8. The van der Waals surface area contributed by atoms with Gasteiger partial charge < -0.3 is 34.4 Å². The van der Waals surface area contributed by atoms with Crippen LogP contribution in [-0.4, -0.2) is 70.3 Å². The molecule has 0 saturated carbocycles. The first-order chi connectivity index (χ1) is 19.7. The minimum atomic E-state index is -1.15. The number of imidazole rings is 2. The van der Waals surface area contributed by atoms with Gasteiger partial charge in [-0.25, -0.2) is 19.6 Å². The smallest absolute Gasteiger partial charge is 0.870 e. The van der Waals surface area contributed by atoms with Crippen LogP contribution in [0, 0.1) is 0 Å². The number of aromatic nitrogens is 6. The summed E-state index contributed by atoms with van der Waals surface area (Å²) in [5.74, 6) is -1.97. The van der Waals surface area contributed by atoms with Crippen molar-refractivity contribution >= 4 is 45.3 Å². The Balaban J connectivity index is 0.000000225. The summed E-state index contributed by atoms with van der Waals surface area (Å²) in [4.78, 5) is 61.5. The Kier molecular flexibility index (Phi) is 9.89. The molecular weight excluding hydrogens is 551 g/mol. The number of carboxylic acid groups (broad SMARTS) is 1. The van der Waals surface area contributed by atoms with E-state index in [1.54, 1.807) is 26.5 Å². The van der Waals surface area contributed by atoms with Gasteiger partial charge in [-0.3, -0.25) is 9.59 Å². The molecule has 0 aliphatic rings. The molecule has 0 fully saturated rings. The summed E-state index contributed by atoms with van der Waals surface area (Å²) in [6, 6.07) is 14.9. The zero-order valence-electron chi connectivity index (χ0n) is 23.7. The number of para-hydroxylation sites is 2. The number of ether oxygens (including phenoxy) is 1. The first-order valence-corrected chi connectivity index (χ1v) is 12.3. The van der Waals surface area contributed by atoms with Crippen LogP contribution in [0.2, 0.25) is 0 Å². The fourth-order valence-corrected chi connectivity index (χ4v) is 4.42. The summed E-state index contributed by atoms with van der Waals surface area (Å²) in [6.07, 6.45) is 6.07. The van der Waals surface area contributed by atoms with E-state index in [0.717, 1.165) is 21.8 Å². The topological polar surface area (TPSA) is 195 Å². The fraction of sp³-hybridized carbons (Fsp3) is 0.103. The third-order valence-corrected chi connectivity index (χ3v) is 6.44. The number of ketones is 2. The normalized spacial score (nSPS) is 10.3. The molecule has 0 radical (unpaired) electrons. The number of benzene rings is 2. The molecule has 0 atom stereocenters. The number of hydrogen-bond donors (Lipinski definition) is 3. The monoisotopic (exact) mass is 576 g/mol. The maximum absolute atomic E-state index is 12.6. The van der Waals surface area contributed by atoms with E-state index in [2.05, 4.69) is 24.7 Å². The Morgan fingerprint density at radius 2 is 1.16 bits per heavy atom. The molecule has 0 amide bonds. The Hall–Kier alpha value is -5.22. The van der Waals surface area contributed by atoms with Crippen LogP contribution in [0.5, 0.6) is 0 Å². The average Bonchev–Trinajstić information content (AvgIpc) is 3.76. The number of H-pyrrole nitrogens is 2. The number of carbonyl (C=O) groups is 4. The van der Waals surface area contributed by atoms with Gasteiger partial charge in [0.05, 0.1) is 18.2 Å². The quantitative estimate of drug-likeness (QED) is 0.144. The van der Waals surface area contributed by atoms with Gasteiger partial charge in [-0.2, -0.15) is 0 Å². The molecule has 4 heterocycles. The molecule has 43 heavy (non-hydrogen) atoms. The standard InChI is InChI=1S/C15H13N3O3.C14H11N3O3.Li.H2O/c1-18-8-12(15(20)21-2)17-14(18)13(19)10-7-16-11-6-4-3-5-9(10)11;1-17-7-11(14(19)20)16-13(17)12(18)9-6-15-10-5-3-2-4-8(9)10;;/h3-8,16H,1-2H3;2-7,15H,1H3,(H,19,20);;1H2/q;;+1;/p-1. The molecule has 14 heteroatoms. The minimum Gasteiger partial charge on any atom is -0.870 e. The Morgan fingerprint density at radius 3 is 1.58 bits per heavy atom. The van der Waals surface area contributed by atoms with Gasteiger partial charge in [-0.1, -0.05) is 36.4 Å². The van der Waals surface area contributed by atoms with Gasteiger partial charge in [0.2, 0.25) is 11.6 Å². The summed E-state index contributed by atoms with van der Waals surface area (Å²) in [5.41, 5.74) is 2.70. The van der Waals surface area contributed by atoms with Crippen LogP contribution in [0.1, 0.15) is 53.3 Å². The van der Waals surface area contributed by atoms with E-state index in [1.807, 2.05) is 48.5 Å². The van der Waals surface area contributed by atoms with Crippen molar-refractivity contribution in [2.75, 3.05) is 7.11 Å². The summed E-state index contributed by atoms with van der Waals surface area (Å²) in [6.45, 7) is 0. The molecule has 13 nitrogen and oxygen atoms in total. The molecule has 2 aromatic carbocycles. The van der Waals surface area contributed by atoms with Crippen LogP contribution in [0.25, 0.3) is 21.8 Å². The minimum absolute atomic E-state index is 0. The van der Waals surface area contributed by atoms with Crippen molar-refractivity contribution in [1.82, 2.24) is 29.1 Å². The SMILES string of the molecule is COC(=O)c1cn(C)c(C(=O)c2c[nH]c3ccccc23)n1.Cn1cc(C(=O)O)nc1C(=O)c1c[nH]c2ccccc12.[Li+].[OH-]. The number of carboxylic acids is 1. The second-order valence-electron chi connectivity index (χ2n) is 9.07. The summed E-state index contributed by atoms with van der Waals surface area (Å²) in [7, 11) is 4.54. The number of methoxy groups -OCH3 is 1. The average molecular weight is 576 g/mol. The first kappa shape index (κ1) is 32.3. The van der Waals surface area contributed by atoms with E-state index < -0.39 is 11.9 Å². The number of carbonyl (C=O) groups excluding carboxylic acids is 3. The van der Waals surface area contributed by atoms with E-state index in [1.165, 1.54) is 28.6 Å². The van der Waals surface area contributed by atoms with Crippen LogP contribution in [-0.2, 0) is 18.8 Å². The van der Waals surface area contributed by atoms with Crippen molar-refractivity contribution in [3.8, 4) is 0 Å². The summed E-state index contributed by atoms with van der Waals surface area (Å²) >= 11 is 0. The molecular formula is C29H25LiN6O7. The van der Waals surface area contributed by atoms with E-state index in [-0.39, 0.29) is 58.9 Å². The molecule has 6 rings (SSSR count). The van der Waals surface area contributed by atoms with Gasteiger partial charge in [0.25, 0.3) is 0 Å². The number of nitrogens with one attached hydrogen (secondary N) is 2. The second-order valence-corrected chi connectivity index (χ2v) is 9.07. The summed E-state index contributed by atoms with van der Waals surface area (Å²) in [5, 5.41) is 10.5. The number of aromatic amines is 2. The molecule has 214 valence electrons. The van der Waals surface area contributed by atoms with Crippen molar-refractivity contribution in [1.29, 1.82) is 0 Å². The van der Waals surface area contributed by atoms with Crippen molar-refractivity contribution in [2.24, 2.45) is 14.1 Å². The number of nitrogens with zero attached hydrogens (tertiary/aromatic N) is 4. The third-order valence-electron chi connectivity index (χ3n) is 6.44. The van der Waals surface area contributed by atoms with Crippen molar-refractivity contribution in [2.45, 2.75) is 0 Å². The Labute approximate surface area is 256 Å². The number of fused-ring (bicyclic) bond motifs is 2. The molecule has 4 aromatic heterocycles. The number of aromatic carboxylic acids is 1. The van der Waals surface area contributed by atoms with Crippen molar-refractivity contribution < 1.29 is 53.4 Å². The van der Waals surface area contributed by atoms with E-state index in [4.69, 9.17) is 5.11 Å². The number of rotatable bonds is 6. The van der Waals surface area contributed by atoms with Crippen molar-refractivity contribution in [3.63, 3.8) is 0 Å². The van der Waals surface area contributed by atoms with E-state index in [0.29, 0.717) is 11.1 Å². The number of aryl methyl sites for hydroxylation is 2. The van der Waals surface area contributed by atoms with Gasteiger partial charge in [0.1, 0.15) is 0 Å². The van der Waals surface area contributed by atoms with Crippen LogP contribution >= 0.6 is 0 Å². The van der Waals surface area contributed by atoms with Crippen LogP contribution in [0.15, 0.2) is 73.3 Å². The Bertz CT molecular complexity index is 1970. The molecule has 0 aliphatic heterocycles. The van der Waals surface area contributed by atoms with Gasteiger partial charge >= 0.3 is 30.8 Å². The van der Waals surface area contributed by atoms with Crippen LogP contribution < -0.4 is 18.9 Å². The molecule has 0 saturated heterocycles.